The van der Waals surface area contributed by atoms with Crippen molar-refractivity contribution in [3.05, 3.63) is 53.1 Å². The molecule has 0 saturated heterocycles. The van der Waals surface area contributed by atoms with Crippen LogP contribution >= 0.6 is 0 Å². The summed E-state index contributed by atoms with van der Waals surface area (Å²) in [5, 5.41) is 2.93. The van der Waals surface area contributed by atoms with E-state index in [4.69, 9.17) is 14.2 Å². The molecule has 0 aromatic heterocycles. The minimum atomic E-state index is -0.236. The molecule has 5 nitrogen and oxygen atoms in total. The van der Waals surface area contributed by atoms with Crippen molar-refractivity contribution in [3.8, 4) is 17.2 Å². The van der Waals surface area contributed by atoms with Gasteiger partial charge in [0.05, 0.1) is 20.3 Å². The van der Waals surface area contributed by atoms with Crippen molar-refractivity contribution in [3.63, 3.8) is 0 Å². The lowest BCUT2D eigenvalue weighted by molar-refractivity contribution is -0.123. The fourth-order valence-electron chi connectivity index (χ4n) is 2.56. The van der Waals surface area contributed by atoms with Gasteiger partial charge in [-0.05, 0) is 56.2 Å². The molecule has 1 atom stereocenters. The second-order valence-electron chi connectivity index (χ2n) is 5.88. The molecule has 0 saturated carbocycles. The van der Waals surface area contributed by atoms with Gasteiger partial charge in [-0.15, -0.1) is 0 Å². The van der Waals surface area contributed by atoms with E-state index in [2.05, 4.69) is 5.32 Å². The topological polar surface area (TPSA) is 56.8 Å². The van der Waals surface area contributed by atoms with E-state index in [1.165, 1.54) is 0 Å². The molecule has 134 valence electrons. The fraction of sp³-hybridized carbons (Fsp3) is 0.350. The smallest absolute Gasteiger partial charge is 0.258 e. The van der Waals surface area contributed by atoms with Crippen LogP contribution in [-0.2, 0) is 4.79 Å². The first kappa shape index (κ1) is 18.6. The average Bonchev–Trinajstić information content (AvgIpc) is 2.62. The summed E-state index contributed by atoms with van der Waals surface area (Å²) in [7, 11) is 3.20. The van der Waals surface area contributed by atoms with Crippen LogP contribution in [0.1, 0.15) is 29.7 Å². The van der Waals surface area contributed by atoms with Gasteiger partial charge < -0.3 is 19.5 Å². The second kappa shape index (κ2) is 8.42. The van der Waals surface area contributed by atoms with Gasteiger partial charge in [0.15, 0.2) is 6.61 Å². The Balaban J connectivity index is 2.01. The Hall–Kier alpha value is -2.69. The van der Waals surface area contributed by atoms with Gasteiger partial charge in [0, 0.05) is 5.56 Å². The molecule has 1 amide bonds. The van der Waals surface area contributed by atoms with E-state index in [0.29, 0.717) is 11.5 Å². The molecule has 0 unspecified atom stereocenters. The molecule has 2 aromatic rings. The van der Waals surface area contributed by atoms with Crippen molar-refractivity contribution >= 4 is 5.91 Å². The van der Waals surface area contributed by atoms with Crippen LogP contribution in [0.25, 0.3) is 0 Å². The highest BCUT2D eigenvalue weighted by Gasteiger charge is 2.16. The number of hydrogen-bond donors (Lipinski definition) is 1. The molecule has 0 heterocycles. The Morgan fingerprint density at radius 1 is 1.08 bits per heavy atom. The van der Waals surface area contributed by atoms with Gasteiger partial charge in [-0.1, -0.05) is 12.1 Å². The van der Waals surface area contributed by atoms with Gasteiger partial charge in [-0.3, -0.25) is 4.79 Å². The van der Waals surface area contributed by atoms with E-state index in [1.807, 2.05) is 57.2 Å². The fourth-order valence-corrected chi connectivity index (χ4v) is 2.56. The lowest BCUT2D eigenvalue weighted by Crippen LogP contribution is -2.31. The second-order valence-corrected chi connectivity index (χ2v) is 5.88. The van der Waals surface area contributed by atoms with Gasteiger partial charge in [0.25, 0.3) is 5.91 Å². The molecule has 0 bridgehead atoms. The summed E-state index contributed by atoms with van der Waals surface area (Å²) in [6.07, 6.45) is 0. The summed E-state index contributed by atoms with van der Waals surface area (Å²) in [6.45, 7) is 5.85. The normalized spacial score (nSPS) is 11.6. The quantitative estimate of drug-likeness (QED) is 0.835. The molecule has 0 aliphatic rings. The maximum absolute atomic E-state index is 12.2. The first-order chi connectivity index (χ1) is 12.0. The maximum atomic E-state index is 12.2. The van der Waals surface area contributed by atoms with Crippen LogP contribution in [-0.4, -0.2) is 26.7 Å². The first-order valence-corrected chi connectivity index (χ1v) is 8.16. The first-order valence-electron chi connectivity index (χ1n) is 8.16. The van der Waals surface area contributed by atoms with Gasteiger partial charge in [-0.2, -0.15) is 0 Å². The lowest BCUT2D eigenvalue weighted by Gasteiger charge is -2.18. The molecule has 0 fully saturated rings. The summed E-state index contributed by atoms with van der Waals surface area (Å²) >= 11 is 0. The minimum Gasteiger partial charge on any atom is -0.497 e. The van der Waals surface area contributed by atoms with E-state index < -0.39 is 0 Å². The Morgan fingerprint density at radius 2 is 1.84 bits per heavy atom. The van der Waals surface area contributed by atoms with Crippen LogP contribution in [0.4, 0.5) is 0 Å². The summed E-state index contributed by atoms with van der Waals surface area (Å²) in [6, 6.07) is 11.1. The Labute approximate surface area is 148 Å². The van der Waals surface area contributed by atoms with Crippen LogP contribution in [0.3, 0.4) is 0 Å². The number of carbonyl (C=O) groups excluding carboxylic acids is 1. The lowest BCUT2D eigenvalue weighted by atomic mass is 10.1. The number of ether oxygens (including phenoxy) is 3. The maximum Gasteiger partial charge on any atom is 0.258 e. The standard InChI is InChI=1S/C20H25NO4/c1-13-7-6-8-18(14(13)2)25-12-20(22)21-15(3)17-11-16(23-4)9-10-19(17)24-5/h6-11,15H,12H2,1-5H3,(H,21,22)/t15-/m0/s1. The van der Waals surface area contributed by atoms with E-state index in [1.54, 1.807) is 14.2 Å². The highest BCUT2D eigenvalue weighted by atomic mass is 16.5. The number of benzene rings is 2. The molecule has 2 rings (SSSR count). The van der Waals surface area contributed by atoms with E-state index >= 15 is 0 Å². The third kappa shape index (κ3) is 4.66. The van der Waals surface area contributed by atoms with Gasteiger partial charge >= 0.3 is 0 Å². The van der Waals surface area contributed by atoms with Crippen LogP contribution in [0.15, 0.2) is 36.4 Å². The van der Waals surface area contributed by atoms with Gasteiger partial charge in [0.2, 0.25) is 0 Å². The number of hydrogen-bond acceptors (Lipinski definition) is 4. The minimum absolute atomic E-state index is 0.0408. The zero-order chi connectivity index (χ0) is 18.4. The predicted molar refractivity (Wildman–Crippen MR) is 97.5 cm³/mol. The van der Waals surface area contributed by atoms with Crippen LogP contribution in [0.2, 0.25) is 0 Å². The van der Waals surface area contributed by atoms with Crippen molar-refractivity contribution in [1.29, 1.82) is 0 Å². The SMILES string of the molecule is COc1ccc(OC)c([C@H](C)NC(=O)COc2cccc(C)c2C)c1. The Bertz CT molecular complexity index is 742. The molecule has 5 heteroatoms. The molecule has 0 aliphatic carbocycles. The number of amides is 1. The summed E-state index contributed by atoms with van der Waals surface area (Å²) in [5.41, 5.74) is 3.02. The Kier molecular flexibility index (Phi) is 6.28. The molecule has 2 aromatic carbocycles. The van der Waals surface area contributed by atoms with Crippen molar-refractivity contribution in [2.45, 2.75) is 26.8 Å². The van der Waals surface area contributed by atoms with E-state index in [-0.39, 0.29) is 18.6 Å². The third-order valence-corrected chi connectivity index (χ3v) is 4.19. The zero-order valence-corrected chi connectivity index (χ0v) is 15.4. The molecule has 0 spiro atoms. The Morgan fingerprint density at radius 3 is 2.52 bits per heavy atom. The number of aryl methyl sites for hydroxylation is 1. The van der Waals surface area contributed by atoms with Gasteiger partial charge in [0.1, 0.15) is 17.2 Å². The highest BCUT2D eigenvalue weighted by Crippen LogP contribution is 2.29. The molecule has 0 radical (unpaired) electrons. The van der Waals surface area contributed by atoms with Crippen LogP contribution < -0.4 is 19.5 Å². The number of methoxy groups -OCH3 is 2. The zero-order valence-electron chi connectivity index (χ0n) is 15.4. The molecule has 25 heavy (non-hydrogen) atoms. The van der Waals surface area contributed by atoms with E-state index in [0.717, 1.165) is 22.4 Å². The summed E-state index contributed by atoms with van der Waals surface area (Å²) < 4.78 is 16.3. The molecular weight excluding hydrogens is 318 g/mol. The number of rotatable bonds is 7. The van der Waals surface area contributed by atoms with Gasteiger partial charge in [-0.25, -0.2) is 0 Å². The highest BCUT2D eigenvalue weighted by molar-refractivity contribution is 5.78. The summed E-state index contributed by atoms with van der Waals surface area (Å²) in [4.78, 5) is 12.2. The molecule has 1 N–H and O–H groups in total. The van der Waals surface area contributed by atoms with Crippen molar-refractivity contribution in [1.82, 2.24) is 5.32 Å². The van der Waals surface area contributed by atoms with Crippen LogP contribution in [0, 0.1) is 13.8 Å². The number of carbonyl (C=O) groups is 1. The molecular formula is C20H25NO4. The van der Waals surface area contributed by atoms with Crippen molar-refractivity contribution in [2.75, 3.05) is 20.8 Å². The third-order valence-electron chi connectivity index (χ3n) is 4.19. The predicted octanol–water partition coefficient (Wildman–Crippen LogP) is 3.58. The van der Waals surface area contributed by atoms with Crippen molar-refractivity contribution < 1.29 is 19.0 Å². The largest absolute Gasteiger partial charge is 0.497 e. The van der Waals surface area contributed by atoms with Crippen LogP contribution in [0.5, 0.6) is 17.2 Å². The number of nitrogens with one attached hydrogen (secondary N) is 1. The summed E-state index contributed by atoms with van der Waals surface area (Å²) in [5.74, 6) is 1.94. The average molecular weight is 343 g/mol. The van der Waals surface area contributed by atoms with Crippen molar-refractivity contribution in [2.24, 2.45) is 0 Å². The monoisotopic (exact) mass is 343 g/mol. The molecule has 0 aliphatic heterocycles. The van der Waals surface area contributed by atoms with E-state index in [9.17, 15) is 4.79 Å².